The van der Waals surface area contributed by atoms with Crippen molar-refractivity contribution < 1.29 is 4.39 Å². The summed E-state index contributed by atoms with van der Waals surface area (Å²) in [5.41, 5.74) is 5.08. The molecule has 3 N–H and O–H groups in total. The van der Waals surface area contributed by atoms with E-state index in [4.69, 9.17) is 5.84 Å². The van der Waals surface area contributed by atoms with Gasteiger partial charge in [0.05, 0.1) is 0 Å². The predicted molar refractivity (Wildman–Crippen MR) is 74.8 cm³/mol. The van der Waals surface area contributed by atoms with Gasteiger partial charge in [-0.05, 0) is 73.6 Å². The van der Waals surface area contributed by atoms with Gasteiger partial charge in [-0.25, -0.2) is 4.39 Å². The van der Waals surface area contributed by atoms with Crippen LogP contribution in [0.15, 0.2) is 18.2 Å². The van der Waals surface area contributed by atoms with Crippen LogP contribution in [0.1, 0.15) is 49.3 Å². The number of nitrogens with two attached hydrogens (primary N) is 1. The highest BCUT2D eigenvalue weighted by Crippen LogP contribution is 2.50. The summed E-state index contributed by atoms with van der Waals surface area (Å²) in [6.07, 6.45) is 6.70. The van der Waals surface area contributed by atoms with E-state index >= 15 is 0 Å². The Labute approximate surface area is 114 Å². The van der Waals surface area contributed by atoms with Crippen molar-refractivity contribution in [2.75, 3.05) is 0 Å². The molecule has 3 heteroatoms. The summed E-state index contributed by atoms with van der Waals surface area (Å²) >= 11 is 0. The van der Waals surface area contributed by atoms with Crippen molar-refractivity contribution in [2.24, 2.45) is 23.6 Å². The highest BCUT2D eigenvalue weighted by molar-refractivity contribution is 5.29. The molecule has 19 heavy (non-hydrogen) atoms. The third-order valence-corrected chi connectivity index (χ3v) is 5.23. The third kappa shape index (κ3) is 2.54. The van der Waals surface area contributed by atoms with E-state index < -0.39 is 0 Å². The van der Waals surface area contributed by atoms with Crippen molar-refractivity contribution in [1.29, 1.82) is 0 Å². The van der Waals surface area contributed by atoms with Crippen LogP contribution >= 0.6 is 0 Å². The molecular weight excluding hydrogens is 239 g/mol. The molecule has 0 radical (unpaired) electrons. The third-order valence-electron chi connectivity index (χ3n) is 5.23. The molecule has 2 fully saturated rings. The van der Waals surface area contributed by atoms with Crippen LogP contribution in [0.4, 0.5) is 4.39 Å². The predicted octanol–water partition coefficient (Wildman–Crippen LogP) is 3.46. The molecule has 4 unspecified atom stereocenters. The van der Waals surface area contributed by atoms with Gasteiger partial charge in [0.1, 0.15) is 5.82 Å². The van der Waals surface area contributed by atoms with Gasteiger partial charge in [0.15, 0.2) is 0 Å². The number of halogens is 1. The van der Waals surface area contributed by atoms with E-state index in [-0.39, 0.29) is 11.9 Å². The summed E-state index contributed by atoms with van der Waals surface area (Å²) in [7, 11) is 0. The maximum atomic E-state index is 13.2. The van der Waals surface area contributed by atoms with Gasteiger partial charge in [-0.2, -0.15) is 0 Å². The smallest absolute Gasteiger partial charge is 0.123 e. The lowest BCUT2D eigenvalue weighted by Crippen LogP contribution is -2.31. The lowest BCUT2D eigenvalue weighted by atomic mass is 9.82. The topological polar surface area (TPSA) is 38.0 Å². The minimum Gasteiger partial charge on any atom is -0.271 e. The standard InChI is InChI=1S/C16H23FN2/c1-10-6-14(17)4-5-15(10)16(19-18)9-13-8-11-2-3-12(13)7-11/h4-6,11-13,16,19H,2-3,7-9,18H2,1H3. The van der Waals surface area contributed by atoms with Crippen LogP contribution in [0.25, 0.3) is 0 Å². The fourth-order valence-corrected chi connectivity index (χ4v) is 4.28. The van der Waals surface area contributed by atoms with Crippen molar-refractivity contribution in [1.82, 2.24) is 5.43 Å². The number of hydrogen-bond acceptors (Lipinski definition) is 2. The van der Waals surface area contributed by atoms with Gasteiger partial charge in [-0.3, -0.25) is 11.3 Å². The molecule has 1 aromatic rings. The highest BCUT2D eigenvalue weighted by atomic mass is 19.1. The van der Waals surface area contributed by atoms with Crippen LogP contribution in [0.5, 0.6) is 0 Å². The van der Waals surface area contributed by atoms with E-state index in [9.17, 15) is 4.39 Å². The summed E-state index contributed by atoms with van der Waals surface area (Å²) in [5, 5.41) is 0. The van der Waals surface area contributed by atoms with Gasteiger partial charge in [0.2, 0.25) is 0 Å². The van der Waals surface area contributed by atoms with Gasteiger partial charge in [-0.15, -0.1) is 0 Å². The van der Waals surface area contributed by atoms with E-state index in [0.29, 0.717) is 0 Å². The SMILES string of the molecule is Cc1cc(F)ccc1C(CC1CC2CCC1C2)NN. The molecule has 1 aromatic carbocycles. The van der Waals surface area contributed by atoms with Crippen LogP contribution in [0.3, 0.4) is 0 Å². The molecule has 104 valence electrons. The second kappa shape index (κ2) is 5.22. The fourth-order valence-electron chi connectivity index (χ4n) is 4.28. The van der Waals surface area contributed by atoms with Crippen LogP contribution in [0.2, 0.25) is 0 Å². The molecule has 4 atom stereocenters. The number of rotatable bonds is 4. The molecular formula is C16H23FN2. The Bertz CT molecular complexity index is 460. The van der Waals surface area contributed by atoms with Crippen molar-refractivity contribution >= 4 is 0 Å². The van der Waals surface area contributed by atoms with Crippen molar-refractivity contribution in [2.45, 2.75) is 45.1 Å². The van der Waals surface area contributed by atoms with E-state index in [1.807, 2.05) is 13.0 Å². The van der Waals surface area contributed by atoms with E-state index in [1.54, 1.807) is 6.07 Å². The lowest BCUT2D eigenvalue weighted by molar-refractivity contribution is 0.279. The number of benzene rings is 1. The zero-order valence-electron chi connectivity index (χ0n) is 11.5. The molecule has 0 heterocycles. The normalized spacial score (nSPS) is 30.8. The Kier molecular flexibility index (Phi) is 3.59. The number of nitrogens with one attached hydrogen (secondary N) is 1. The maximum absolute atomic E-state index is 13.2. The fraction of sp³-hybridized carbons (Fsp3) is 0.625. The zero-order chi connectivity index (χ0) is 13.4. The first kappa shape index (κ1) is 13.1. The number of hydrogen-bond donors (Lipinski definition) is 2. The number of fused-ring (bicyclic) bond motifs is 2. The molecule has 3 rings (SSSR count). The molecule has 0 aromatic heterocycles. The Morgan fingerprint density at radius 1 is 1.37 bits per heavy atom. The zero-order valence-corrected chi connectivity index (χ0v) is 11.5. The molecule has 0 saturated heterocycles. The van der Waals surface area contributed by atoms with Crippen molar-refractivity contribution in [3.05, 3.63) is 35.1 Å². The molecule has 2 bridgehead atoms. The monoisotopic (exact) mass is 262 g/mol. The van der Waals surface area contributed by atoms with Crippen molar-refractivity contribution in [3.63, 3.8) is 0 Å². The molecule has 0 amide bonds. The highest BCUT2D eigenvalue weighted by Gasteiger charge is 2.40. The summed E-state index contributed by atoms with van der Waals surface area (Å²) in [6.45, 7) is 1.96. The second-order valence-electron chi connectivity index (χ2n) is 6.39. The van der Waals surface area contributed by atoms with E-state index in [2.05, 4.69) is 5.43 Å². The Morgan fingerprint density at radius 2 is 2.21 bits per heavy atom. The molecule has 2 nitrogen and oxygen atoms in total. The minimum absolute atomic E-state index is 0.157. The number of hydrazine groups is 1. The van der Waals surface area contributed by atoms with Crippen molar-refractivity contribution in [3.8, 4) is 0 Å². The second-order valence-corrected chi connectivity index (χ2v) is 6.39. The Balaban J connectivity index is 1.73. The van der Waals surface area contributed by atoms with Crippen LogP contribution in [0, 0.1) is 30.5 Å². The van der Waals surface area contributed by atoms with Gasteiger partial charge in [0.25, 0.3) is 0 Å². The van der Waals surface area contributed by atoms with Gasteiger partial charge < -0.3 is 0 Å². The summed E-state index contributed by atoms with van der Waals surface area (Å²) in [5.74, 6) is 8.24. The van der Waals surface area contributed by atoms with Gasteiger partial charge >= 0.3 is 0 Å². The Hall–Kier alpha value is -0.930. The van der Waals surface area contributed by atoms with E-state index in [0.717, 1.165) is 35.3 Å². The lowest BCUT2D eigenvalue weighted by Gasteiger charge is -2.27. The summed E-state index contributed by atoms with van der Waals surface area (Å²) in [4.78, 5) is 0. The van der Waals surface area contributed by atoms with Gasteiger partial charge in [0, 0.05) is 6.04 Å². The average molecular weight is 262 g/mol. The minimum atomic E-state index is -0.169. The molecule has 0 spiro atoms. The first-order valence-corrected chi connectivity index (χ1v) is 7.39. The molecule has 0 aliphatic heterocycles. The molecule has 2 aliphatic rings. The quantitative estimate of drug-likeness (QED) is 0.644. The molecule has 2 saturated carbocycles. The largest absolute Gasteiger partial charge is 0.271 e. The van der Waals surface area contributed by atoms with Gasteiger partial charge in [-0.1, -0.05) is 12.5 Å². The van der Waals surface area contributed by atoms with E-state index in [1.165, 1.54) is 31.7 Å². The Morgan fingerprint density at radius 3 is 2.79 bits per heavy atom. The maximum Gasteiger partial charge on any atom is 0.123 e. The van der Waals surface area contributed by atoms with Crippen LogP contribution in [-0.4, -0.2) is 0 Å². The average Bonchev–Trinajstić information content (AvgIpc) is 2.99. The first-order chi connectivity index (χ1) is 9.17. The van der Waals surface area contributed by atoms with Crippen LogP contribution in [-0.2, 0) is 0 Å². The molecule has 2 aliphatic carbocycles. The first-order valence-electron chi connectivity index (χ1n) is 7.39. The summed E-state index contributed by atoms with van der Waals surface area (Å²) < 4.78 is 13.2. The number of aryl methyl sites for hydroxylation is 1. The summed E-state index contributed by atoms with van der Waals surface area (Å²) in [6, 6.07) is 5.17. The van der Waals surface area contributed by atoms with Crippen LogP contribution < -0.4 is 11.3 Å².